The van der Waals surface area contributed by atoms with Crippen molar-refractivity contribution < 1.29 is 4.84 Å². The summed E-state index contributed by atoms with van der Waals surface area (Å²) in [5.74, 6) is 0.606. The summed E-state index contributed by atoms with van der Waals surface area (Å²) in [7, 11) is 4.30. The topological polar surface area (TPSA) is 51.8 Å². The van der Waals surface area contributed by atoms with E-state index < -0.39 is 0 Å². The molecule has 3 aliphatic heterocycles. The van der Waals surface area contributed by atoms with E-state index in [1.54, 1.807) is 0 Å². The zero-order chi connectivity index (χ0) is 15.8. The maximum atomic E-state index is 5.99. The summed E-state index contributed by atoms with van der Waals surface area (Å²) in [5.41, 5.74) is 3.30. The molecule has 0 bridgehead atoms. The Hall–Kier alpha value is -0.240. The molecule has 1 aliphatic carbocycles. The van der Waals surface area contributed by atoms with Crippen LogP contribution in [0.3, 0.4) is 0 Å². The first-order chi connectivity index (χ1) is 11.2. The van der Waals surface area contributed by atoms with Gasteiger partial charge in [-0.15, -0.1) is 0 Å². The Kier molecular flexibility index (Phi) is 4.90. The highest BCUT2D eigenvalue weighted by Crippen LogP contribution is 2.33. The largest absolute Gasteiger partial charge is 0.301 e. The minimum absolute atomic E-state index is 0.162. The van der Waals surface area contributed by atoms with Crippen LogP contribution in [0.1, 0.15) is 44.9 Å². The number of hydrogen-bond donors (Lipinski definition) is 3. The lowest BCUT2D eigenvalue weighted by Gasteiger charge is -2.40. The van der Waals surface area contributed by atoms with Gasteiger partial charge in [-0.25, -0.2) is 0 Å². The summed E-state index contributed by atoms with van der Waals surface area (Å²) in [5, 5.41) is 7.41. The average Bonchev–Trinajstić information content (AvgIpc) is 3.14. The summed E-state index contributed by atoms with van der Waals surface area (Å²) < 4.78 is 0. The number of likely N-dealkylation sites (tertiary alicyclic amines) is 1. The number of nitrogens with zero attached hydrogens (tertiary/aromatic N) is 2. The summed E-state index contributed by atoms with van der Waals surface area (Å²) in [6, 6.07) is 1.38. The first-order valence-electron chi connectivity index (χ1n) is 9.55. The van der Waals surface area contributed by atoms with E-state index in [1.165, 1.54) is 51.5 Å². The Morgan fingerprint density at radius 2 is 1.91 bits per heavy atom. The van der Waals surface area contributed by atoms with Crippen LogP contribution in [0.2, 0.25) is 0 Å². The number of rotatable bonds is 4. The highest BCUT2D eigenvalue weighted by molar-refractivity contribution is 4.95. The lowest BCUT2D eigenvalue weighted by molar-refractivity contribution is -0.0399. The van der Waals surface area contributed by atoms with Gasteiger partial charge in [-0.3, -0.25) is 20.0 Å². The van der Waals surface area contributed by atoms with Crippen molar-refractivity contribution in [1.29, 1.82) is 0 Å². The van der Waals surface area contributed by atoms with Crippen LogP contribution in [-0.4, -0.2) is 67.6 Å². The fraction of sp³-hybridized carbons (Fsp3) is 1.00. The van der Waals surface area contributed by atoms with E-state index in [4.69, 9.17) is 4.84 Å². The average molecular weight is 323 g/mol. The zero-order valence-electron chi connectivity index (χ0n) is 14.6. The van der Waals surface area contributed by atoms with Gasteiger partial charge in [0, 0.05) is 18.5 Å². The van der Waals surface area contributed by atoms with Gasteiger partial charge in [-0.1, -0.05) is 6.42 Å². The molecule has 0 aromatic heterocycles. The van der Waals surface area contributed by atoms with Crippen LogP contribution in [0.4, 0.5) is 0 Å². The van der Waals surface area contributed by atoms with E-state index in [9.17, 15) is 0 Å². The van der Waals surface area contributed by atoms with Crippen LogP contribution in [0, 0.1) is 5.92 Å². The molecule has 5 atom stereocenters. The first-order valence-corrected chi connectivity index (χ1v) is 9.55. The smallest absolute Gasteiger partial charge is 0.146 e. The maximum Gasteiger partial charge on any atom is 0.146 e. The van der Waals surface area contributed by atoms with Crippen LogP contribution in [0.5, 0.6) is 0 Å². The fourth-order valence-electron chi connectivity index (χ4n) is 4.71. The third-order valence-electron chi connectivity index (χ3n) is 6.42. The molecule has 3 heterocycles. The van der Waals surface area contributed by atoms with Crippen molar-refractivity contribution in [1.82, 2.24) is 25.9 Å². The number of nitrogens with one attached hydrogen (secondary N) is 3. The van der Waals surface area contributed by atoms with Crippen molar-refractivity contribution >= 4 is 0 Å². The van der Waals surface area contributed by atoms with Gasteiger partial charge >= 0.3 is 0 Å². The molecule has 0 aromatic rings. The van der Waals surface area contributed by atoms with Gasteiger partial charge in [0.15, 0.2) is 0 Å². The second kappa shape index (κ2) is 6.94. The van der Waals surface area contributed by atoms with Gasteiger partial charge in [-0.2, -0.15) is 5.48 Å². The lowest BCUT2D eigenvalue weighted by atomic mass is 9.90. The predicted molar refractivity (Wildman–Crippen MR) is 90.5 cm³/mol. The summed E-state index contributed by atoms with van der Waals surface area (Å²) in [6.45, 7) is 2.32. The van der Waals surface area contributed by atoms with Gasteiger partial charge in [0.2, 0.25) is 0 Å². The molecule has 6 heteroatoms. The second-order valence-electron chi connectivity index (χ2n) is 8.06. The molecule has 6 nitrogen and oxygen atoms in total. The van der Waals surface area contributed by atoms with Crippen molar-refractivity contribution in [2.45, 2.75) is 75.6 Å². The maximum absolute atomic E-state index is 5.99. The lowest BCUT2D eigenvalue weighted by Crippen LogP contribution is -2.55. The Morgan fingerprint density at radius 1 is 1.04 bits per heavy atom. The van der Waals surface area contributed by atoms with E-state index in [0.29, 0.717) is 24.3 Å². The van der Waals surface area contributed by atoms with E-state index in [1.807, 2.05) is 0 Å². The quantitative estimate of drug-likeness (QED) is 0.707. The standard InChI is InChI=1S/C17H33N5O/c1-21(2)15-9-8-12(11-18-15)16-19-17(23-20-16)14-7-4-10-22(14)13-5-3-6-13/h12-20H,3-11H2,1-2H3. The molecule has 4 aliphatic rings. The van der Waals surface area contributed by atoms with Crippen molar-refractivity contribution in [3.8, 4) is 0 Å². The van der Waals surface area contributed by atoms with Crippen molar-refractivity contribution in [2.24, 2.45) is 5.92 Å². The van der Waals surface area contributed by atoms with E-state index in [0.717, 1.165) is 12.6 Å². The van der Waals surface area contributed by atoms with Crippen LogP contribution in [0.25, 0.3) is 0 Å². The number of hydroxylamine groups is 1. The number of hydrogen-bond acceptors (Lipinski definition) is 6. The van der Waals surface area contributed by atoms with E-state index in [2.05, 4.69) is 40.0 Å². The number of piperidine rings is 1. The van der Waals surface area contributed by atoms with Crippen molar-refractivity contribution in [2.75, 3.05) is 27.2 Å². The molecule has 0 aromatic carbocycles. The molecule has 0 amide bonds. The molecule has 1 saturated carbocycles. The minimum Gasteiger partial charge on any atom is -0.301 e. The summed E-state index contributed by atoms with van der Waals surface area (Å²) in [6.07, 6.45) is 10.2. The molecule has 3 saturated heterocycles. The SMILES string of the molecule is CN(C)C1CCC(C2NOC(C3CCCN3C3CCC3)N2)CN1. The molecule has 4 fully saturated rings. The fourth-order valence-corrected chi connectivity index (χ4v) is 4.71. The van der Waals surface area contributed by atoms with E-state index >= 15 is 0 Å². The highest BCUT2D eigenvalue weighted by Gasteiger charge is 2.43. The van der Waals surface area contributed by atoms with E-state index in [-0.39, 0.29) is 6.23 Å². The zero-order valence-corrected chi connectivity index (χ0v) is 14.6. The molecule has 132 valence electrons. The molecule has 4 rings (SSSR count). The third-order valence-corrected chi connectivity index (χ3v) is 6.42. The minimum atomic E-state index is 0.162. The second-order valence-corrected chi connectivity index (χ2v) is 8.06. The Labute approximate surface area is 140 Å². The van der Waals surface area contributed by atoms with Crippen LogP contribution < -0.4 is 16.1 Å². The van der Waals surface area contributed by atoms with Crippen molar-refractivity contribution in [3.63, 3.8) is 0 Å². The molecular weight excluding hydrogens is 290 g/mol. The van der Waals surface area contributed by atoms with Gasteiger partial charge in [-0.05, 0) is 59.2 Å². The van der Waals surface area contributed by atoms with Gasteiger partial charge in [0.1, 0.15) is 6.23 Å². The molecule has 5 unspecified atom stereocenters. The van der Waals surface area contributed by atoms with Gasteiger partial charge in [0.05, 0.1) is 18.4 Å². The molecule has 0 radical (unpaired) electrons. The molecule has 0 spiro atoms. The third kappa shape index (κ3) is 3.30. The Balaban J connectivity index is 1.29. The Morgan fingerprint density at radius 3 is 2.57 bits per heavy atom. The normalized spacial score (nSPS) is 43.2. The highest BCUT2D eigenvalue weighted by atomic mass is 16.7. The molecule has 23 heavy (non-hydrogen) atoms. The van der Waals surface area contributed by atoms with Crippen LogP contribution in [-0.2, 0) is 4.84 Å². The molecule has 3 N–H and O–H groups in total. The predicted octanol–water partition coefficient (Wildman–Crippen LogP) is 0.667. The Bertz CT molecular complexity index is 394. The monoisotopic (exact) mass is 323 g/mol. The summed E-state index contributed by atoms with van der Waals surface area (Å²) >= 11 is 0. The van der Waals surface area contributed by atoms with Gasteiger partial charge < -0.3 is 5.32 Å². The van der Waals surface area contributed by atoms with Crippen LogP contribution in [0.15, 0.2) is 0 Å². The molecular formula is C17H33N5O. The van der Waals surface area contributed by atoms with Crippen molar-refractivity contribution in [3.05, 3.63) is 0 Å². The van der Waals surface area contributed by atoms with Crippen LogP contribution >= 0.6 is 0 Å². The first kappa shape index (κ1) is 16.2. The summed E-state index contributed by atoms with van der Waals surface area (Å²) in [4.78, 5) is 11.0. The van der Waals surface area contributed by atoms with Gasteiger partial charge in [0.25, 0.3) is 0 Å².